The van der Waals surface area contributed by atoms with Crippen molar-refractivity contribution in [3.63, 3.8) is 0 Å². The first-order valence-electron chi connectivity index (χ1n) is 6.96. The van der Waals surface area contributed by atoms with E-state index in [-0.39, 0.29) is 11.4 Å². The SMILES string of the molecule is COc1ccc(C)cc1S(=O)(=O)NCc1ccc2ncoc2c1. The molecule has 2 aromatic carbocycles. The van der Waals surface area contributed by atoms with Gasteiger partial charge in [-0.3, -0.25) is 0 Å². The molecular weight excluding hydrogens is 316 g/mol. The van der Waals surface area contributed by atoms with Crippen LogP contribution in [-0.4, -0.2) is 20.5 Å². The van der Waals surface area contributed by atoms with E-state index >= 15 is 0 Å². The fraction of sp³-hybridized carbons (Fsp3) is 0.188. The molecule has 1 N–H and O–H groups in total. The van der Waals surface area contributed by atoms with Crippen molar-refractivity contribution in [3.05, 3.63) is 53.9 Å². The number of nitrogens with zero attached hydrogens (tertiary/aromatic N) is 1. The predicted molar refractivity (Wildman–Crippen MR) is 85.8 cm³/mol. The van der Waals surface area contributed by atoms with Gasteiger partial charge < -0.3 is 9.15 Å². The van der Waals surface area contributed by atoms with E-state index in [1.807, 2.05) is 6.92 Å². The summed E-state index contributed by atoms with van der Waals surface area (Å²) in [5.41, 5.74) is 2.98. The number of ether oxygens (including phenoxy) is 1. The highest BCUT2D eigenvalue weighted by Crippen LogP contribution is 2.25. The third-order valence-corrected chi connectivity index (χ3v) is 4.89. The molecule has 3 aromatic rings. The lowest BCUT2D eigenvalue weighted by molar-refractivity contribution is 0.402. The second kappa shape index (κ2) is 6.02. The first-order valence-corrected chi connectivity index (χ1v) is 8.44. The van der Waals surface area contributed by atoms with E-state index in [0.717, 1.165) is 16.6 Å². The zero-order chi connectivity index (χ0) is 16.4. The van der Waals surface area contributed by atoms with E-state index in [9.17, 15) is 8.42 Å². The molecule has 1 aromatic heterocycles. The minimum atomic E-state index is -3.68. The minimum Gasteiger partial charge on any atom is -0.495 e. The summed E-state index contributed by atoms with van der Waals surface area (Å²) >= 11 is 0. The Balaban J connectivity index is 1.85. The summed E-state index contributed by atoms with van der Waals surface area (Å²) in [5, 5.41) is 0. The smallest absolute Gasteiger partial charge is 0.244 e. The van der Waals surface area contributed by atoms with E-state index in [1.165, 1.54) is 13.5 Å². The molecule has 0 aliphatic rings. The molecule has 0 saturated carbocycles. The van der Waals surface area contributed by atoms with Gasteiger partial charge >= 0.3 is 0 Å². The maximum absolute atomic E-state index is 12.5. The molecule has 1 heterocycles. The Hall–Kier alpha value is -2.38. The molecule has 0 spiro atoms. The molecule has 6 nitrogen and oxygen atoms in total. The molecule has 7 heteroatoms. The zero-order valence-electron chi connectivity index (χ0n) is 12.7. The van der Waals surface area contributed by atoms with Crippen LogP contribution in [0.1, 0.15) is 11.1 Å². The number of fused-ring (bicyclic) bond motifs is 1. The van der Waals surface area contributed by atoms with Crippen molar-refractivity contribution in [2.45, 2.75) is 18.4 Å². The Labute approximate surface area is 134 Å². The van der Waals surface area contributed by atoms with E-state index in [4.69, 9.17) is 9.15 Å². The molecule has 0 aliphatic heterocycles. The molecule has 0 fully saturated rings. The van der Waals surface area contributed by atoms with E-state index in [0.29, 0.717) is 11.3 Å². The van der Waals surface area contributed by atoms with Crippen LogP contribution in [0.3, 0.4) is 0 Å². The van der Waals surface area contributed by atoms with Gasteiger partial charge in [-0.25, -0.2) is 18.1 Å². The third-order valence-electron chi connectivity index (χ3n) is 3.47. The fourth-order valence-corrected chi connectivity index (χ4v) is 3.53. The Morgan fingerprint density at radius 1 is 1.22 bits per heavy atom. The van der Waals surface area contributed by atoms with Gasteiger partial charge in [-0.15, -0.1) is 0 Å². The summed E-state index contributed by atoms with van der Waals surface area (Å²) in [6.07, 6.45) is 1.36. The normalized spacial score (nSPS) is 11.7. The molecule has 23 heavy (non-hydrogen) atoms. The largest absolute Gasteiger partial charge is 0.495 e. The Kier molecular flexibility index (Phi) is 4.06. The maximum atomic E-state index is 12.5. The van der Waals surface area contributed by atoms with Gasteiger partial charge in [0.05, 0.1) is 7.11 Å². The summed E-state index contributed by atoms with van der Waals surface area (Å²) < 4.78 is 38.0. The Morgan fingerprint density at radius 2 is 2.04 bits per heavy atom. The van der Waals surface area contributed by atoms with Crippen LogP contribution in [-0.2, 0) is 16.6 Å². The molecule has 0 amide bonds. The summed E-state index contributed by atoms with van der Waals surface area (Å²) in [7, 11) is -2.24. The van der Waals surface area contributed by atoms with Gasteiger partial charge in [0, 0.05) is 6.54 Å². The van der Waals surface area contributed by atoms with Crippen LogP contribution in [0.4, 0.5) is 0 Å². The standard InChI is InChI=1S/C16H16N2O4S/c1-11-3-6-14(21-2)16(7-11)23(19,20)18-9-12-4-5-13-15(8-12)22-10-17-13/h3-8,10,18H,9H2,1-2H3. The predicted octanol–water partition coefficient (Wildman–Crippen LogP) is 2.62. The molecule has 3 rings (SSSR count). The van der Waals surface area contributed by atoms with Gasteiger partial charge in [0.1, 0.15) is 16.2 Å². The first kappa shape index (κ1) is 15.5. The van der Waals surface area contributed by atoms with Gasteiger partial charge in [-0.2, -0.15) is 0 Å². The monoisotopic (exact) mass is 332 g/mol. The van der Waals surface area contributed by atoms with Crippen molar-refractivity contribution >= 4 is 21.1 Å². The quantitative estimate of drug-likeness (QED) is 0.777. The van der Waals surface area contributed by atoms with Crippen molar-refractivity contribution < 1.29 is 17.6 Å². The number of sulfonamides is 1. The van der Waals surface area contributed by atoms with Crippen LogP contribution in [0.5, 0.6) is 5.75 Å². The van der Waals surface area contributed by atoms with Crippen LogP contribution in [0.25, 0.3) is 11.1 Å². The van der Waals surface area contributed by atoms with E-state index in [1.54, 1.807) is 36.4 Å². The second-order valence-corrected chi connectivity index (χ2v) is 6.87. The number of benzene rings is 2. The summed E-state index contributed by atoms with van der Waals surface area (Å²) in [5.74, 6) is 0.314. The molecule has 120 valence electrons. The minimum absolute atomic E-state index is 0.126. The summed E-state index contributed by atoms with van der Waals surface area (Å²) in [6.45, 7) is 1.98. The lowest BCUT2D eigenvalue weighted by Gasteiger charge is -2.11. The van der Waals surface area contributed by atoms with Gasteiger partial charge in [-0.1, -0.05) is 12.1 Å². The molecule has 0 unspecified atom stereocenters. The molecule has 0 radical (unpaired) electrons. The van der Waals surface area contributed by atoms with Crippen molar-refractivity contribution in [1.29, 1.82) is 0 Å². The van der Waals surface area contributed by atoms with Gasteiger partial charge in [0.2, 0.25) is 10.0 Å². The highest BCUT2D eigenvalue weighted by molar-refractivity contribution is 7.89. The lowest BCUT2D eigenvalue weighted by Crippen LogP contribution is -2.23. The highest BCUT2D eigenvalue weighted by atomic mass is 32.2. The highest BCUT2D eigenvalue weighted by Gasteiger charge is 2.19. The number of hydrogen-bond donors (Lipinski definition) is 1. The Morgan fingerprint density at radius 3 is 2.83 bits per heavy atom. The van der Waals surface area contributed by atoms with Crippen molar-refractivity contribution in [2.24, 2.45) is 0 Å². The van der Waals surface area contributed by atoms with Crippen molar-refractivity contribution in [3.8, 4) is 5.75 Å². The van der Waals surface area contributed by atoms with Gasteiger partial charge in [-0.05, 0) is 42.3 Å². The third kappa shape index (κ3) is 3.20. The number of methoxy groups -OCH3 is 1. The second-order valence-electron chi connectivity index (χ2n) is 5.13. The lowest BCUT2D eigenvalue weighted by atomic mass is 10.2. The van der Waals surface area contributed by atoms with E-state index < -0.39 is 10.0 Å². The number of oxazole rings is 1. The number of nitrogens with one attached hydrogen (secondary N) is 1. The zero-order valence-corrected chi connectivity index (χ0v) is 13.6. The summed E-state index contributed by atoms with van der Waals surface area (Å²) in [6, 6.07) is 10.4. The van der Waals surface area contributed by atoms with Crippen LogP contribution < -0.4 is 9.46 Å². The number of rotatable bonds is 5. The van der Waals surface area contributed by atoms with Crippen LogP contribution in [0.15, 0.2) is 52.1 Å². The van der Waals surface area contributed by atoms with E-state index in [2.05, 4.69) is 9.71 Å². The van der Waals surface area contributed by atoms with Crippen molar-refractivity contribution in [1.82, 2.24) is 9.71 Å². The van der Waals surface area contributed by atoms with Gasteiger partial charge in [0.15, 0.2) is 12.0 Å². The van der Waals surface area contributed by atoms with Gasteiger partial charge in [0.25, 0.3) is 0 Å². The van der Waals surface area contributed by atoms with Crippen LogP contribution in [0, 0.1) is 6.92 Å². The summed E-state index contributed by atoms with van der Waals surface area (Å²) in [4.78, 5) is 4.15. The van der Waals surface area contributed by atoms with Crippen molar-refractivity contribution in [2.75, 3.05) is 7.11 Å². The average Bonchev–Trinajstić information content (AvgIpc) is 3.00. The molecule has 0 atom stereocenters. The molecule has 0 bridgehead atoms. The van der Waals surface area contributed by atoms with Crippen LogP contribution in [0.2, 0.25) is 0 Å². The number of aromatic nitrogens is 1. The average molecular weight is 332 g/mol. The first-order chi connectivity index (χ1) is 11.0. The molecule has 0 saturated heterocycles. The topological polar surface area (TPSA) is 81.4 Å². The fourth-order valence-electron chi connectivity index (χ4n) is 2.26. The maximum Gasteiger partial charge on any atom is 0.244 e. The Bertz CT molecular complexity index is 948. The number of hydrogen-bond acceptors (Lipinski definition) is 5. The number of aryl methyl sites for hydroxylation is 1. The molecular formula is C16H16N2O4S. The molecule has 0 aliphatic carbocycles. The van der Waals surface area contributed by atoms with Crippen LogP contribution >= 0.6 is 0 Å².